The number of halogens is 4. The van der Waals surface area contributed by atoms with Crippen LogP contribution < -0.4 is 0 Å². The van der Waals surface area contributed by atoms with E-state index in [2.05, 4.69) is 0 Å². The number of hydrogen-bond acceptors (Lipinski definition) is 4. The van der Waals surface area contributed by atoms with Crippen LogP contribution >= 0.6 is 46.4 Å². The number of rotatable bonds is 4. The van der Waals surface area contributed by atoms with Gasteiger partial charge in [-0.15, -0.1) is 0 Å². The Morgan fingerprint density at radius 3 is 1.79 bits per heavy atom. The van der Waals surface area contributed by atoms with Gasteiger partial charge in [0.25, 0.3) is 10.1 Å². The third kappa shape index (κ3) is 3.77. The molecule has 0 heterocycles. The van der Waals surface area contributed by atoms with Crippen molar-refractivity contribution in [2.45, 2.75) is 4.75 Å². The maximum Gasteiger partial charge on any atom is 0.283 e. The Morgan fingerprint density at radius 1 is 0.724 bits per heavy atom. The third-order valence-corrected chi connectivity index (χ3v) is 7.36. The molecule has 0 radical (unpaired) electrons. The van der Waals surface area contributed by atoms with Crippen molar-refractivity contribution in [3.05, 3.63) is 91.4 Å². The van der Waals surface area contributed by atoms with Gasteiger partial charge in [0.1, 0.15) is 11.5 Å². The molecular weight excluding hydrogens is 482 g/mol. The minimum absolute atomic E-state index is 0.000897. The first-order valence-electron chi connectivity index (χ1n) is 7.89. The molecule has 152 valence electrons. The highest BCUT2D eigenvalue weighted by Gasteiger charge is 2.49. The number of phenolic OH excluding ortho intramolecular Hbond substituents is 2. The Hall–Kier alpha value is -1.67. The van der Waals surface area contributed by atoms with Gasteiger partial charge >= 0.3 is 0 Å². The summed E-state index contributed by atoms with van der Waals surface area (Å²) in [7, 11) is -4.99. The Balaban J connectivity index is 2.56. The summed E-state index contributed by atoms with van der Waals surface area (Å²) in [4.78, 5) is 0. The maximum atomic E-state index is 12.9. The SMILES string of the molecule is O=S(=O)(O)C(c1cccc(O)c1)(c1ccc(O)c(Cl)c1)c1cc(Cl)c(Cl)c(Cl)c1. The third-order valence-electron chi connectivity index (χ3n) is 4.38. The van der Waals surface area contributed by atoms with Crippen molar-refractivity contribution in [1.82, 2.24) is 0 Å². The zero-order chi connectivity index (χ0) is 21.6. The van der Waals surface area contributed by atoms with Crippen LogP contribution in [-0.4, -0.2) is 23.2 Å². The number of benzene rings is 3. The standard InChI is InChI=1S/C19H12Cl4O5S/c20-14-7-11(4-5-17(14)25)19(29(26,27)28,10-2-1-3-13(24)6-10)12-8-15(21)18(23)16(22)9-12/h1-9,24-25H,(H,26,27,28). The van der Waals surface area contributed by atoms with Crippen molar-refractivity contribution < 1.29 is 23.2 Å². The van der Waals surface area contributed by atoms with E-state index in [1.807, 2.05) is 0 Å². The van der Waals surface area contributed by atoms with Crippen LogP contribution in [0.4, 0.5) is 0 Å². The van der Waals surface area contributed by atoms with Crippen LogP contribution in [0.2, 0.25) is 20.1 Å². The minimum Gasteiger partial charge on any atom is -0.508 e. The molecule has 1 atom stereocenters. The molecule has 3 rings (SSSR count). The van der Waals surface area contributed by atoms with Crippen molar-refractivity contribution >= 4 is 56.5 Å². The van der Waals surface area contributed by atoms with E-state index in [9.17, 15) is 23.2 Å². The number of phenols is 2. The van der Waals surface area contributed by atoms with Crippen molar-refractivity contribution in [2.75, 3.05) is 0 Å². The van der Waals surface area contributed by atoms with E-state index >= 15 is 0 Å². The molecule has 3 N–H and O–H groups in total. The smallest absolute Gasteiger partial charge is 0.283 e. The fourth-order valence-electron chi connectivity index (χ4n) is 3.16. The Kier molecular flexibility index (Phi) is 5.98. The molecule has 3 aromatic rings. The monoisotopic (exact) mass is 492 g/mol. The van der Waals surface area contributed by atoms with Gasteiger partial charge in [0.15, 0.2) is 4.75 Å². The van der Waals surface area contributed by atoms with E-state index in [1.165, 1.54) is 54.6 Å². The fourth-order valence-corrected chi connectivity index (χ4v) is 5.20. The molecule has 0 spiro atoms. The second-order valence-corrected chi connectivity index (χ2v) is 9.29. The average molecular weight is 494 g/mol. The van der Waals surface area contributed by atoms with E-state index in [0.717, 1.165) is 0 Å². The molecule has 0 aliphatic rings. The summed E-state index contributed by atoms with van der Waals surface area (Å²) in [6.45, 7) is 0. The van der Waals surface area contributed by atoms with Gasteiger partial charge in [-0.05, 0) is 53.1 Å². The lowest BCUT2D eigenvalue weighted by molar-refractivity contribution is 0.455. The average Bonchev–Trinajstić information content (AvgIpc) is 2.62. The van der Waals surface area contributed by atoms with Crippen molar-refractivity contribution in [2.24, 2.45) is 0 Å². The highest BCUT2D eigenvalue weighted by Crippen LogP contribution is 2.48. The molecule has 0 aromatic heterocycles. The molecule has 3 aromatic carbocycles. The first-order valence-corrected chi connectivity index (χ1v) is 10.8. The summed E-state index contributed by atoms with van der Waals surface area (Å²) in [6, 6.07) is 11.4. The van der Waals surface area contributed by atoms with Gasteiger partial charge in [-0.2, -0.15) is 8.42 Å². The van der Waals surface area contributed by atoms with Crippen LogP contribution in [0.5, 0.6) is 11.5 Å². The van der Waals surface area contributed by atoms with Gasteiger partial charge in [0.05, 0.1) is 20.1 Å². The lowest BCUT2D eigenvalue weighted by Crippen LogP contribution is -2.38. The van der Waals surface area contributed by atoms with Gasteiger partial charge < -0.3 is 10.2 Å². The molecule has 0 amide bonds. The van der Waals surface area contributed by atoms with Crippen LogP contribution in [0.25, 0.3) is 0 Å². The number of aromatic hydroxyl groups is 2. The predicted octanol–water partition coefficient (Wildman–Crippen LogP) is 5.89. The van der Waals surface area contributed by atoms with Gasteiger partial charge in [0.2, 0.25) is 0 Å². The van der Waals surface area contributed by atoms with Gasteiger partial charge in [0, 0.05) is 0 Å². The molecule has 0 fully saturated rings. The Bertz CT molecular complexity index is 1190. The first kappa shape index (κ1) is 22.0. The summed E-state index contributed by atoms with van der Waals surface area (Å²) in [5.41, 5.74) is -0.0918. The molecule has 0 aliphatic carbocycles. The van der Waals surface area contributed by atoms with Gasteiger partial charge in [-0.3, -0.25) is 4.55 Å². The van der Waals surface area contributed by atoms with E-state index in [0.29, 0.717) is 0 Å². The zero-order valence-electron chi connectivity index (χ0n) is 14.3. The van der Waals surface area contributed by atoms with Crippen LogP contribution in [0.15, 0.2) is 54.6 Å². The summed E-state index contributed by atoms with van der Waals surface area (Å²) in [6.07, 6.45) is 0. The van der Waals surface area contributed by atoms with E-state index in [4.69, 9.17) is 46.4 Å². The Morgan fingerprint density at radius 2 is 1.28 bits per heavy atom. The molecular formula is C19H12Cl4O5S. The highest BCUT2D eigenvalue weighted by atomic mass is 35.5. The molecule has 0 aliphatic heterocycles. The lowest BCUT2D eigenvalue weighted by Gasteiger charge is -2.33. The largest absolute Gasteiger partial charge is 0.508 e. The fraction of sp³-hybridized carbons (Fsp3) is 0.0526. The number of hydrogen-bond donors (Lipinski definition) is 3. The van der Waals surface area contributed by atoms with Crippen LogP contribution in [0.3, 0.4) is 0 Å². The molecule has 0 saturated heterocycles. The van der Waals surface area contributed by atoms with Gasteiger partial charge in [-0.1, -0.05) is 64.6 Å². The topological polar surface area (TPSA) is 94.8 Å². The first-order chi connectivity index (χ1) is 13.5. The van der Waals surface area contributed by atoms with E-state index < -0.39 is 14.9 Å². The normalized spacial score (nSPS) is 13.8. The van der Waals surface area contributed by atoms with Crippen molar-refractivity contribution in [3.63, 3.8) is 0 Å². The molecule has 0 bridgehead atoms. The van der Waals surface area contributed by atoms with Crippen LogP contribution in [0.1, 0.15) is 16.7 Å². The molecule has 1 unspecified atom stereocenters. The minimum atomic E-state index is -4.99. The second kappa shape index (κ2) is 7.87. The summed E-state index contributed by atoms with van der Waals surface area (Å²) in [5, 5.41) is 19.5. The lowest BCUT2D eigenvalue weighted by atomic mass is 9.84. The van der Waals surface area contributed by atoms with Crippen LogP contribution in [-0.2, 0) is 14.9 Å². The highest BCUT2D eigenvalue weighted by molar-refractivity contribution is 7.87. The summed E-state index contributed by atoms with van der Waals surface area (Å²) in [5.74, 6) is -0.533. The van der Waals surface area contributed by atoms with Gasteiger partial charge in [-0.25, -0.2) is 0 Å². The Labute approximate surface area is 186 Å². The second-order valence-electron chi connectivity index (χ2n) is 6.13. The van der Waals surface area contributed by atoms with Crippen molar-refractivity contribution in [3.8, 4) is 11.5 Å². The zero-order valence-corrected chi connectivity index (χ0v) is 18.1. The van der Waals surface area contributed by atoms with Crippen molar-refractivity contribution in [1.29, 1.82) is 0 Å². The summed E-state index contributed by atoms with van der Waals surface area (Å²) >= 11 is 24.3. The predicted molar refractivity (Wildman–Crippen MR) is 114 cm³/mol. The van der Waals surface area contributed by atoms with E-state index in [1.54, 1.807) is 0 Å². The molecule has 0 saturated carbocycles. The molecule has 29 heavy (non-hydrogen) atoms. The molecule has 10 heteroatoms. The quantitative estimate of drug-likeness (QED) is 0.239. The summed E-state index contributed by atoms with van der Waals surface area (Å²) < 4.78 is 34.0. The maximum absolute atomic E-state index is 12.9. The van der Waals surface area contributed by atoms with Crippen LogP contribution in [0, 0.1) is 0 Å². The molecule has 5 nitrogen and oxygen atoms in total. The van der Waals surface area contributed by atoms with E-state index in [-0.39, 0.29) is 48.3 Å².